The van der Waals surface area contributed by atoms with E-state index in [0.717, 1.165) is 24.3 Å². The van der Waals surface area contributed by atoms with Crippen molar-refractivity contribution in [2.24, 2.45) is 10.2 Å². The number of nitrogens with two attached hydrogens (primary N) is 1. The minimum atomic E-state index is -4.63. The summed E-state index contributed by atoms with van der Waals surface area (Å²) in [6.07, 6.45) is 0. The summed E-state index contributed by atoms with van der Waals surface area (Å²) in [5.74, 6) is -1.74. The molecule has 2 rings (SSSR count). The number of nitrogen functional groups attached to an aromatic ring is 1. The predicted molar refractivity (Wildman–Crippen MR) is 86.5 cm³/mol. The molecule has 0 amide bonds. The molecule has 25 heavy (non-hydrogen) atoms. The minimum absolute atomic E-state index is 0.0301. The Hall–Kier alpha value is -3.18. The minimum Gasteiger partial charge on any atom is -0.507 e. The van der Waals surface area contributed by atoms with Crippen molar-refractivity contribution in [3.8, 4) is 11.5 Å². The first-order chi connectivity index (χ1) is 11.6. The van der Waals surface area contributed by atoms with Crippen LogP contribution < -0.4 is 10.5 Å². The molecule has 132 valence electrons. The molecule has 2 aromatic rings. The molecule has 0 aliphatic carbocycles. The van der Waals surface area contributed by atoms with Crippen LogP contribution in [0.4, 0.5) is 17.1 Å². The van der Waals surface area contributed by atoms with E-state index in [1.54, 1.807) is 0 Å². The first kappa shape index (κ1) is 18.2. The zero-order valence-corrected chi connectivity index (χ0v) is 13.6. The summed E-state index contributed by atoms with van der Waals surface area (Å²) < 4.78 is 37.1. The van der Waals surface area contributed by atoms with Crippen LogP contribution in [0.2, 0.25) is 0 Å². The van der Waals surface area contributed by atoms with Crippen LogP contribution in [0.3, 0.4) is 0 Å². The molecule has 0 bridgehead atoms. The summed E-state index contributed by atoms with van der Waals surface area (Å²) in [6, 6.07) is 5.53. The number of aromatic hydroxyl groups is 1. The molecule has 0 spiro atoms. The standard InChI is InChI=1S/C14H13N3O7S/c1-24-12-6-10(13(5-9(12)15)25(21,22)23)17-16-7-2-3-8(14(19)20)11(18)4-7/h2-6,18H,15H2,1H3,(H,19,20)(H,21,22,23). The van der Waals surface area contributed by atoms with Gasteiger partial charge in [-0.2, -0.15) is 13.5 Å². The maximum absolute atomic E-state index is 11.4. The van der Waals surface area contributed by atoms with Gasteiger partial charge < -0.3 is 20.7 Å². The molecule has 0 aromatic heterocycles. The maximum Gasteiger partial charge on any atom is 0.339 e. The average molecular weight is 367 g/mol. The summed E-state index contributed by atoms with van der Waals surface area (Å²) in [4.78, 5) is 10.3. The lowest BCUT2D eigenvalue weighted by Gasteiger charge is -2.08. The van der Waals surface area contributed by atoms with E-state index in [9.17, 15) is 22.9 Å². The summed E-state index contributed by atoms with van der Waals surface area (Å²) in [7, 11) is -3.32. The fourth-order valence-electron chi connectivity index (χ4n) is 1.90. The number of carboxylic acid groups (broad SMARTS) is 1. The summed E-state index contributed by atoms with van der Waals surface area (Å²) in [5, 5.41) is 25.9. The van der Waals surface area contributed by atoms with Crippen LogP contribution in [-0.2, 0) is 10.1 Å². The highest BCUT2D eigenvalue weighted by molar-refractivity contribution is 7.86. The zero-order valence-electron chi connectivity index (χ0n) is 12.7. The highest BCUT2D eigenvalue weighted by Crippen LogP contribution is 2.35. The third-order valence-electron chi connectivity index (χ3n) is 3.07. The van der Waals surface area contributed by atoms with Crippen LogP contribution >= 0.6 is 0 Å². The highest BCUT2D eigenvalue weighted by atomic mass is 32.2. The molecule has 0 saturated carbocycles. The van der Waals surface area contributed by atoms with Crippen molar-refractivity contribution in [3.63, 3.8) is 0 Å². The lowest BCUT2D eigenvalue weighted by Crippen LogP contribution is -2.01. The number of nitrogens with zero attached hydrogens (tertiary/aromatic N) is 2. The number of aromatic carboxylic acids is 1. The third kappa shape index (κ3) is 4.02. The Kier molecular flexibility index (Phi) is 4.90. The first-order valence-corrected chi connectivity index (χ1v) is 8.00. The fourth-order valence-corrected chi connectivity index (χ4v) is 2.54. The van der Waals surface area contributed by atoms with Crippen LogP contribution in [0.5, 0.6) is 11.5 Å². The number of phenols is 1. The smallest absolute Gasteiger partial charge is 0.339 e. The Bertz CT molecular complexity index is 971. The van der Waals surface area contributed by atoms with Gasteiger partial charge in [0, 0.05) is 12.1 Å². The van der Waals surface area contributed by atoms with Crippen molar-refractivity contribution < 1.29 is 32.7 Å². The van der Waals surface area contributed by atoms with Gasteiger partial charge in [0.2, 0.25) is 0 Å². The van der Waals surface area contributed by atoms with E-state index in [0.29, 0.717) is 0 Å². The number of azo groups is 1. The molecule has 0 aliphatic heterocycles. The Morgan fingerprint density at radius 3 is 2.40 bits per heavy atom. The number of ether oxygens (including phenoxy) is 1. The van der Waals surface area contributed by atoms with Gasteiger partial charge in [0.15, 0.2) is 0 Å². The van der Waals surface area contributed by atoms with Crippen molar-refractivity contribution in [2.75, 3.05) is 12.8 Å². The molecule has 0 saturated heterocycles. The van der Waals surface area contributed by atoms with Crippen molar-refractivity contribution in [1.82, 2.24) is 0 Å². The van der Waals surface area contributed by atoms with E-state index < -0.39 is 26.7 Å². The van der Waals surface area contributed by atoms with Gasteiger partial charge in [-0.1, -0.05) is 0 Å². The fraction of sp³-hybridized carbons (Fsp3) is 0.0714. The molecule has 0 heterocycles. The molecule has 2 aromatic carbocycles. The summed E-state index contributed by atoms with van der Waals surface area (Å²) in [6.45, 7) is 0. The second-order valence-corrected chi connectivity index (χ2v) is 6.13. The second kappa shape index (κ2) is 6.75. The Morgan fingerprint density at radius 2 is 1.88 bits per heavy atom. The number of rotatable bonds is 5. The Labute approximate surface area is 141 Å². The molecule has 0 aliphatic rings. The van der Waals surface area contributed by atoms with Crippen LogP contribution in [-0.4, -0.2) is 36.3 Å². The number of anilines is 1. The van der Waals surface area contributed by atoms with Crippen molar-refractivity contribution in [1.29, 1.82) is 0 Å². The monoisotopic (exact) mass is 367 g/mol. The van der Waals surface area contributed by atoms with Crippen LogP contribution in [0.1, 0.15) is 10.4 Å². The molecular weight excluding hydrogens is 354 g/mol. The van der Waals surface area contributed by atoms with Gasteiger partial charge >= 0.3 is 5.97 Å². The van der Waals surface area contributed by atoms with Gasteiger partial charge in [-0.3, -0.25) is 4.55 Å². The molecule has 0 fully saturated rings. The van der Waals surface area contributed by atoms with Crippen LogP contribution in [0.25, 0.3) is 0 Å². The average Bonchev–Trinajstić information content (AvgIpc) is 2.52. The first-order valence-electron chi connectivity index (χ1n) is 6.56. The van der Waals surface area contributed by atoms with Gasteiger partial charge in [0.25, 0.3) is 10.1 Å². The van der Waals surface area contributed by atoms with Gasteiger partial charge in [-0.15, -0.1) is 5.11 Å². The van der Waals surface area contributed by atoms with Gasteiger partial charge in [0.05, 0.1) is 18.5 Å². The molecule has 0 radical (unpaired) electrons. The molecular formula is C14H13N3O7S. The number of hydrogen-bond acceptors (Lipinski definition) is 8. The van der Waals surface area contributed by atoms with E-state index in [4.69, 9.17) is 15.6 Å². The lowest BCUT2D eigenvalue weighted by atomic mass is 10.2. The van der Waals surface area contributed by atoms with E-state index in [1.165, 1.54) is 13.2 Å². The number of carbonyl (C=O) groups is 1. The Morgan fingerprint density at radius 1 is 1.20 bits per heavy atom. The van der Waals surface area contributed by atoms with Gasteiger partial charge in [0.1, 0.15) is 27.6 Å². The van der Waals surface area contributed by atoms with Gasteiger partial charge in [-0.05, 0) is 18.2 Å². The number of carboxylic acids is 1. The zero-order chi connectivity index (χ0) is 18.8. The number of hydrogen-bond donors (Lipinski definition) is 4. The van der Waals surface area contributed by atoms with Crippen molar-refractivity contribution in [3.05, 3.63) is 35.9 Å². The highest BCUT2D eigenvalue weighted by Gasteiger charge is 2.19. The van der Waals surface area contributed by atoms with Crippen LogP contribution in [0, 0.1) is 0 Å². The summed E-state index contributed by atoms with van der Waals surface area (Å²) in [5.41, 5.74) is 5.05. The summed E-state index contributed by atoms with van der Waals surface area (Å²) >= 11 is 0. The quantitative estimate of drug-likeness (QED) is 0.354. The molecule has 0 atom stereocenters. The maximum atomic E-state index is 11.4. The number of benzene rings is 2. The van der Waals surface area contributed by atoms with Crippen LogP contribution in [0.15, 0.2) is 45.5 Å². The van der Waals surface area contributed by atoms with Gasteiger partial charge in [-0.25, -0.2) is 4.79 Å². The topological polar surface area (TPSA) is 172 Å². The van der Waals surface area contributed by atoms with Crippen molar-refractivity contribution >= 4 is 33.1 Å². The van der Waals surface area contributed by atoms with E-state index >= 15 is 0 Å². The molecule has 10 nitrogen and oxygen atoms in total. The molecule has 11 heteroatoms. The largest absolute Gasteiger partial charge is 0.507 e. The van der Waals surface area contributed by atoms with E-state index in [1.807, 2.05) is 0 Å². The molecule has 0 unspecified atom stereocenters. The Balaban J connectivity index is 2.50. The normalized spacial score (nSPS) is 11.6. The van der Waals surface area contributed by atoms with Crippen molar-refractivity contribution in [2.45, 2.75) is 4.90 Å². The predicted octanol–water partition coefficient (Wildman–Crippen LogP) is 2.34. The number of methoxy groups -OCH3 is 1. The second-order valence-electron chi connectivity index (χ2n) is 4.74. The SMILES string of the molecule is COc1cc(N=Nc2ccc(C(=O)O)c(O)c2)c(S(=O)(=O)O)cc1N. The van der Waals surface area contributed by atoms with E-state index in [2.05, 4.69) is 10.2 Å². The molecule has 5 N–H and O–H groups in total. The van der Waals surface area contributed by atoms with E-state index in [-0.39, 0.29) is 28.4 Å². The lowest BCUT2D eigenvalue weighted by molar-refractivity contribution is 0.0693. The third-order valence-corrected chi connectivity index (χ3v) is 3.96.